The average Bonchev–Trinajstić information content (AvgIpc) is 2.86. The van der Waals surface area contributed by atoms with Crippen molar-refractivity contribution in [3.8, 4) is 0 Å². The van der Waals surface area contributed by atoms with E-state index in [-0.39, 0.29) is 34.4 Å². The molecular weight excluding hydrogens is 352 g/mol. The Labute approximate surface area is 142 Å². The fourth-order valence-electron chi connectivity index (χ4n) is 2.23. The summed E-state index contributed by atoms with van der Waals surface area (Å²) in [4.78, 5) is 22.9. The molecule has 3 aromatic rings. The van der Waals surface area contributed by atoms with Gasteiger partial charge in [0.25, 0.3) is 0 Å². The number of hydrogen-bond donors (Lipinski definition) is 3. The van der Waals surface area contributed by atoms with Crippen molar-refractivity contribution in [3.05, 3.63) is 45.3 Å². The van der Waals surface area contributed by atoms with Crippen LogP contribution in [0.15, 0.2) is 34.2 Å². The largest absolute Gasteiger partial charge is 0.382 e. The van der Waals surface area contributed by atoms with Gasteiger partial charge in [-0.3, -0.25) is 4.57 Å². The number of nitrogens with one attached hydrogen (secondary N) is 2. The SMILES string of the molecule is CC[S@](=N)(=O)c1nc(N)c2[nH]c(=O)n(Cc3ccc(Cl)cc3)c2n1. The molecule has 3 rings (SSSR count). The van der Waals surface area contributed by atoms with Gasteiger partial charge in [-0.2, -0.15) is 4.98 Å². The van der Waals surface area contributed by atoms with E-state index in [1.165, 1.54) is 4.57 Å². The summed E-state index contributed by atoms with van der Waals surface area (Å²) in [7, 11) is -3.15. The molecule has 0 radical (unpaired) electrons. The number of halogens is 1. The Bertz CT molecular complexity index is 1070. The van der Waals surface area contributed by atoms with Gasteiger partial charge in [-0.1, -0.05) is 30.7 Å². The van der Waals surface area contributed by atoms with Crippen LogP contribution in [-0.4, -0.2) is 29.5 Å². The second kappa shape index (κ2) is 5.91. The summed E-state index contributed by atoms with van der Waals surface area (Å²) in [5, 5.41) is 0.426. The Kier molecular flexibility index (Phi) is 4.06. The molecule has 0 saturated carbocycles. The highest BCUT2D eigenvalue weighted by Crippen LogP contribution is 2.19. The Morgan fingerprint density at radius 2 is 2.00 bits per heavy atom. The van der Waals surface area contributed by atoms with E-state index in [1.807, 2.05) is 0 Å². The summed E-state index contributed by atoms with van der Waals surface area (Å²) in [5.74, 6) is 0.0550. The fraction of sp³-hybridized carbons (Fsp3) is 0.214. The van der Waals surface area contributed by atoms with E-state index in [2.05, 4.69) is 15.0 Å². The van der Waals surface area contributed by atoms with Gasteiger partial charge in [0.15, 0.2) is 11.5 Å². The smallest absolute Gasteiger partial charge is 0.328 e. The predicted octanol–water partition coefficient (Wildman–Crippen LogP) is 1.83. The van der Waals surface area contributed by atoms with E-state index < -0.39 is 15.4 Å². The first-order valence-corrected chi connectivity index (χ1v) is 9.19. The number of H-pyrrole nitrogens is 1. The standard InChI is InChI=1S/C14H15ClN6O2S/c1-2-24(17,23)13-19-11(16)10-12(20-13)21(14(22)18-10)7-8-3-5-9(15)6-4-8/h3-6,17H,2,7H2,1H3,(H,18,22)(H2,16,19,20)/t24-/m0/s1. The molecule has 0 saturated heterocycles. The normalized spacial score (nSPS) is 13.9. The van der Waals surface area contributed by atoms with Gasteiger partial charge in [-0.15, -0.1) is 0 Å². The quantitative estimate of drug-likeness (QED) is 0.606. The van der Waals surface area contributed by atoms with Gasteiger partial charge in [0.2, 0.25) is 5.16 Å². The zero-order valence-corrected chi connectivity index (χ0v) is 14.3. The predicted molar refractivity (Wildman–Crippen MR) is 92.8 cm³/mol. The van der Waals surface area contributed by atoms with Crippen molar-refractivity contribution in [2.75, 3.05) is 11.5 Å². The molecule has 1 atom stereocenters. The second-order valence-electron chi connectivity index (χ2n) is 5.20. The van der Waals surface area contributed by atoms with Crippen molar-refractivity contribution in [2.45, 2.75) is 18.6 Å². The van der Waals surface area contributed by atoms with E-state index in [0.29, 0.717) is 5.02 Å². The van der Waals surface area contributed by atoms with E-state index in [1.54, 1.807) is 31.2 Å². The van der Waals surface area contributed by atoms with E-state index in [9.17, 15) is 9.00 Å². The van der Waals surface area contributed by atoms with Crippen molar-refractivity contribution < 1.29 is 4.21 Å². The summed E-state index contributed by atoms with van der Waals surface area (Å²) in [6, 6.07) is 7.02. The average molecular weight is 367 g/mol. The Balaban J connectivity index is 2.19. The van der Waals surface area contributed by atoms with Gasteiger partial charge >= 0.3 is 5.69 Å². The third-order valence-corrected chi connectivity index (χ3v) is 5.42. The number of rotatable bonds is 4. The van der Waals surface area contributed by atoms with Crippen molar-refractivity contribution >= 4 is 38.3 Å². The molecule has 0 spiro atoms. The minimum atomic E-state index is -3.15. The summed E-state index contributed by atoms with van der Waals surface area (Å²) < 4.78 is 21.5. The molecule has 24 heavy (non-hydrogen) atoms. The molecule has 126 valence electrons. The molecule has 0 aliphatic rings. The summed E-state index contributed by atoms with van der Waals surface area (Å²) >= 11 is 5.86. The third kappa shape index (κ3) is 2.87. The van der Waals surface area contributed by atoms with Gasteiger partial charge in [0, 0.05) is 10.8 Å². The van der Waals surface area contributed by atoms with Crippen LogP contribution in [0.25, 0.3) is 11.2 Å². The van der Waals surface area contributed by atoms with Crippen LogP contribution < -0.4 is 11.4 Å². The second-order valence-corrected chi connectivity index (χ2v) is 7.93. The summed E-state index contributed by atoms with van der Waals surface area (Å²) in [5.41, 5.74) is 6.76. The maximum atomic E-state index is 12.2. The third-order valence-electron chi connectivity index (χ3n) is 3.59. The van der Waals surface area contributed by atoms with Crippen LogP contribution in [0.5, 0.6) is 0 Å². The molecule has 0 unspecified atom stereocenters. The fourth-order valence-corrected chi connectivity index (χ4v) is 3.09. The number of imidazole rings is 1. The minimum Gasteiger partial charge on any atom is -0.382 e. The Morgan fingerprint density at radius 1 is 1.33 bits per heavy atom. The number of hydrogen-bond acceptors (Lipinski definition) is 6. The Morgan fingerprint density at radius 3 is 2.62 bits per heavy atom. The highest BCUT2D eigenvalue weighted by atomic mass is 35.5. The first-order valence-electron chi connectivity index (χ1n) is 7.09. The minimum absolute atomic E-state index is 0.00428. The van der Waals surface area contributed by atoms with Gasteiger partial charge in [-0.25, -0.2) is 18.8 Å². The number of nitrogens with zero attached hydrogens (tertiary/aromatic N) is 3. The van der Waals surface area contributed by atoms with Crippen molar-refractivity contribution in [1.29, 1.82) is 4.78 Å². The van der Waals surface area contributed by atoms with Crippen molar-refractivity contribution in [3.63, 3.8) is 0 Å². The number of nitrogen functional groups attached to an aromatic ring is 1. The maximum Gasteiger partial charge on any atom is 0.328 e. The van der Waals surface area contributed by atoms with E-state index in [4.69, 9.17) is 22.1 Å². The monoisotopic (exact) mass is 366 g/mol. The zero-order chi connectivity index (χ0) is 17.5. The highest BCUT2D eigenvalue weighted by molar-refractivity contribution is 7.92. The molecule has 4 N–H and O–H groups in total. The molecule has 2 aromatic heterocycles. The van der Waals surface area contributed by atoms with Gasteiger partial charge < -0.3 is 10.7 Å². The Hall–Kier alpha value is -2.39. The van der Waals surface area contributed by atoms with Crippen LogP contribution in [-0.2, 0) is 16.3 Å². The molecule has 10 heteroatoms. The lowest BCUT2D eigenvalue weighted by Crippen LogP contribution is -2.18. The topological polar surface area (TPSA) is 131 Å². The molecule has 0 amide bonds. The lowest BCUT2D eigenvalue weighted by Gasteiger charge is -2.07. The maximum absolute atomic E-state index is 12.2. The molecule has 0 aliphatic carbocycles. The molecule has 1 aromatic carbocycles. The lowest BCUT2D eigenvalue weighted by molar-refractivity contribution is 0.667. The van der Waals surface area contributed by atoms with Crippen LogP contribution in [0.4, 0.5) is 5.82 Å². The molecule has 8 nitrogen and oxygen atoms in total. The first kappa shape index (κ1) is 16.5. The van der Waals surface area contributed by atoms with Crippen molar-refractivity contribution in [2.24, 2.45) is 0 Å². The number of benzene rings is 1. The van der Waals surface area contributed by atoms with Crippen LogP contribution in [0.1, 0.15) is 12.5 Å². The van der Waals surface area contributed by atoms with Gasteiger partial charge in [-0.05, 0) is 17.7 Å². The summed E-state index contributed by atoms with van der Waals surface area (Å²) in [6.07, 6.45) is 0. The molecule has 0 aliphatic heterocycles. The number of aromatic nitrogens is 4. The van der Waals surface area contributed by atoms with Crippen molar-refractivity contribution in [1.82, 2.24) is 19.5 Å². The summed E-state index contributed by atoms with van der Waals surface area (Å²) in [6.45, 7) is 1.84. The lowest BCUT2D eigenvalue weighted by atomic mass is 10.2. The zero-order valence-electron chi connectivity index (χ0n) is 12.7. The number of fused-ring (bicyclic) bond motifs is 1. The van der Waals surface area contributed by atoms with E-state index in [0.717, 1.165) is 5.56 Å². The van der Waals surface area contributed by atoms with Gasteiger partial charge in [0.1, 0.15) is 15.2 Å². The van der Waals surface area contributed by atoms with E-state index >= 15 is 0 Å². The number of anilines is 1. The van der Waals surface area contributed by atoms with Crippen LogP contribution in [0.3, 0.4) is 0 Å². The molecular formula is C14H15ClN6O2S. The highest BCUT2D eigenvalue weighted by Gasteiger charge is 2.18. The molecule has 2 heterocycles. The molecule has 0 fully saturated rings. The number of aromatic amines is 1. The molecule has 0 bridgehead atoms. The van der Waals surface area contributed by atoms with Crippen LogP contribution in [0, 0.1) is 4.78 Å². The first-order chi connectivity index (χ1) is 11.3. The van der Waals surface area contributed by atoms with Gasteiger partial charge in [0.05, 0.1) is 6.54 Å². The van der Waals surface area contributed by atoms with Crippen LogP contribution >= 0.6 is 11.6 Å². The van der Waals surface area contributed by atoms with Crippen LogP contribution in [0.2, 0.25) is 5.02 Å². The number of nitrogens with two attached hydrogens (primary N) is 1.